The summed E-state index contributed by atoms with van der Waals surface area (Å²) in [5, 5.41) is 15.8. The van der Waals surface area contributed by atoms with Gasteiger partial charge in [0, 0.05) is 29.2 Å². The molecule has 0 saturated carbocycles. The zero-order valence-corrected chi connectivity index (χ0v) is 17.8. The predicted octanol–water partition coefficient (Wildman–Crippen LogP) is 5.32. The number of carbonyl (C=O) groups is 2. The summed E-state index contributed by atoms with van der Waals surface area (Å²) >= 11 is 1.23. The zero-order chi connectivity index (χ0) is 22.4. The van der Waals surface area contributed by atoms with Crippen LogP contribution < -0.4 is 5.32 Å². The summed E-state index contributed by atoms with van der Waals surface area (Å²) in [5.74, 6) is -1.01. The highest BCUT2D eigenvalue weighted by Gasteiger charge is 2.22. The van der Waals surface area contributed by atoms with Gasteiger partial charge in [-0.25, -0.2) is 4.79 Å². The topological polar surface area (TPSA) is 98.5 Å². The summed E-state index contributed by atoms with van der Waals surface area (Å²) in [5.41, 5.74) is 3.44. The predicted molar refractivity (Wildman–Crippen MR) is 121 cm³/mol. The first kappa shape index (κ1) is 21.9. The van der Waals surface area contributed by atoms with Crippen LogP contribution in [0.3, 0.4) is 0 Å². The van der Waals surface area contributed by atoms with Gasteiger partial charge in [-0.15, -0.1) is 11.3 Å². The van der Waals surface area contributed by atoms with Crippen molar-refractivity contribution < 1.29 is 19.2 Å². The molecule has 0 fully saturated rings. The van der Waals surface area contributed by atoms with Gasteiger partial charge in [0.1, 0.15) is 10.6 Å². The van der Waals surface area contributed by atoms with Crippen LogP contribution >= 0.6 is 11.3 Å². The zero-order valence-electron chi connectivity index (χ0n) is 17.0. The number of amides is 1. The molecule has 1 aromatic heterocycles. The van der Waals surface area contributed by atoms with E-state index in [0.29, 0.717) is 16.1 Å². The molecule has 0 atom stereocenters. The number of benzene rings is 2. The fraction of sp³-hybridized carbons (Fsp3) is 0.130. The number of hydrogen-bond acceptors (Lipinski definition) is 6. The molecule has 0 spiro atoms. The van der Waals surface area contributed by atoms with Crippen LogP contribution in [-0.2, 0) is 16.0 Å². The van der Waals surface area contributed by atoms with E-state index >= 15 is 0 Å². The molecule has 2 aromatic carbocycles. The molecule has 8 heteroatoms. The molecule has 0 aliphatic heterocycles. The minimum Gasteiger partial charge on any atom is -0.465 e. The van der Waals surface area contributed by atoms with Crippen LogP contribution in [0.25, 0.3) is 17.2 Å². The number of nitro benzene ring substituents is 1. The Bertz CT molecular complexity index is 1150. The van der Waals surface area contributed by atoms with Crippen LogP contribution in [0.2, 0.25) is 0 Å². The number of hydrogen-bond donors (Lipinski definition) is 1. The lowest BCUT2D eigenvalue weighted by molar-refractivity contribution is -0.384. The molecular formula is C23H20N2O5S. The summed E-state index contributed by atoms with van der Waals surface area (Å²) in [6.45, 7) is 2.06. The van der Waals surface area contributed by atoms with Gasteiger partial charge in [0.25, 0.3) is 5.69 Å². The second kappa shape index (κ2) is 9.82. The number of anilines is 1. The highest BCUT2D eigenvalue weighted by atomic mass is 32.1. The first-order valence-electron chi connectivity index (χ1n) is 9.45. The third kappa shape index (κ3) is 5.23. The smallest absolute Gasteiger partial charge is 0.341 e. The van der Waals surface area contributed by atoms with E-state index < -0.39 is 16.8 Å². The van der Waals surface area contributed by atoms with Crippen LogP contribution in [0, 0.1) is 10.1 Å². The lowest BCUT2D eigenvalue weighted by atomic mass is 10.0. The van der Waals surface area contributed by atoms with Crippen LogP contribution in [0.5, 0.6) is 0 Å². The van der Waals surface area contributed by atoms with Crippen molar-refractivity contribution in [3.05, 3.63) is 86.8 Å². The van der Waals surface area contributed by atoms with Gasteiger partial charge >= 0.3 is 5.97 Å². The van der Waals surface area contributed by atoms with Crippen molar-refractivity contribution in [2.45, 2.75) is 13.3 Å². The van der Waals surface area contributed by atoms with Crippen LogP contribution in [0.4, 0.5) is 10.7 Å². The van der Waals surface area contributed by atoms with Gasteiger partial charge in [-0.3, -0.25) is 14.9 Å². The number of nitro groups is 1. The summed E-state index contributed by atoms with van der Waals surface area (Å²) in [7, 11) is 1.29. The summed E-state index contributed by atoms with van der Waals surface area (Å²) in [6, 6.07) is 13.8. The molecule has 3 rings (SSSR count). The lowest BCUT2D eigenvalue weighted by Crippen LogP contribution is -2.11. The van der Waals surface area contributed by atoms with Crippen molar-refractivity contribution in [1.29, 1.82) is 0 Å². The van der Waals surface area contributed by atoms with E-state index in [0.717, 1.165) is 12.0 Å². The second-order valence-electron chi connectivity index (χ2n) is 6.57. The third-order valence-corrected chi connectivity index (χ3v) is 5.49. The van der Waals surface area contributed by atoms with E-state index in [-0.39, 0.29) is 11.3 Å². The Hall–Kier alpha value is -3.78. The van der Waals surface area contributed by atoms with E-state index in [1.54, 1.807) is 17.5 Å². The number of carbonyl (C=O) groups excluding carboxylic acids is 2. The Morgan fingerprint density at radius 1 is 1.19 bits per heavy atom. The van der Waals surface area contributed by atoms with E-state index in [9.17, 15) is 19.7 Å². The van der Waals surface area contributed by atoms with Crippen molar-refractivity contribution in [3.63, 3.8) is 0 Å². The number of rotatable bonds is 7. The van der Waals surface area contributed by atoms with Gasteiger partial charge in [-0.05, 0) is 29.2 Å². The van der Waals surface area contributed by atoms with Crippen molar-refractivity contribution in [1.82, 2.24) is 0 Å². The molecule has 0 bridgehead atoms. The fourth-order valence-corrected chi connectivity index (χ4v) is 3.91. The molecule has 0 unspecified atom stereocenters. The van der Waals surface area contributed by atoms with Crippen LogP contribution in [-0.4, -0.2) is 23.9 Å². The Balaban J connectivity index is 1.84. The first-order valence-corrected chi connectivity index (χ1v) is 10.3. The van der Waals surface area contributed by atoms with Crippen molar-refractivity contribution >= 4 is 40.0 Å². The summed E-state index contributed by atoms with van der Waals surface area (Å²) in [4.78, 5) is 35.2. The highest BCUT2D eigenvalue weighted by molar-refractivity contribution is 7.15. The number of nitrogens with zero attached hydrogens (tertiary/aromatic N) is 1. The minimum absolute atomic E-state index is 0.0625. The van der Waals surface area contributed by atoms with E-state index in [4.69, 9.17) is 4.74 Å². The molecule has 1 heterocycles. The molecule has 3 aromatic rings. The molecule has 31 heavy (non-hydrogen) atoms. The number of ether oxygens (including phenoxy) is 1. The average Bonchev–Trinajstić information content (AvgIpc) is 3.20. The first-order chi connectivity index (χ1) is 14.9. The Morgan fingerprint density at radius 2 is 1.94 bits per heavy atom. The molecule has 0 aliphatic carbocycles. The molecule has 1 N–H and O–H groups in total. The Kier molecular flexibility index (Phi) is 6.94. The van der Waals surface area contributed by atoms with E-state index in [2.05, 4.69) is 12.2 Å². The average molecular weight is 436 g/mol. The monoisotopic (exact) mass is 436 g/mol. The van der Waals surface area contributed by atoms with Crippen LogP contribution in [0.1, 0.15) is 28.4 Å². The SMILES string of the molecule is CCc1ccc(-c2csc(NC(=O)/C=C/c3cccc([N+](=O)[O-])c3)c2C(=O)OC)cc1. The number of aryl methyl sites for hydroxylation is 1. The maximum absolute atomic E-state index is 12.4. The Morgan fingerprint density at radius 3 is 2.58 bits per heavy atom. The number of thiophene rings is 1. The fourth-order valence-electron chi connectivity index (χ4n) is 2.95. The molecular weight excluding hydrogens is 416 g/mol. The molecule has 158 valence electrons. The largest absolute Gasteiger partial charge is 0.465 e. The quantitative estimate of drug-likeness (QED) is 0.234. The lowest BCUT2D eigenvalue weighted by Gasteiger charge is -2.07. The Labute approximate surface area is 183 Å². The number of non-ortho nitro benzene ring substituents is 1. The van der Waals surface area contributed by atoms with Gasteiger partial charge < -0.3 is 10.1 Å². The van der Waals surface area contributed by atoms with Gasteiger partial charge in [0.15, 0.2) is 0 Å². The minimum atomic E-state index is -0.547. The highest BCUT2D eigenvalue weighted by Crippen LogP contribution is 2.36. The van der Waals surface area contributed by atoms with Crippen LogP contribution in [0.15, 0.2) is 60.0 Å². The molecule has 0 aliphatic rings. The number of nitrogens with one attached hydrogen (secondary N) is 1. The normalized spacial score (nSPS) is 10.8. The van der Waals surface area contributed by atoms with E-state index in [1.165, 1.54) is 48.3 Å². The van der Waals surface area contributed by atoms with Gasteiger partial charge in [-0.2, -0.15) is 0 Å². The van der Waals surface area contributed by atoms with Crippen molar-refractivity contribution in [2.75, 3.05) is 12.4 Å². The van der Waals surface area contributed by atoms with E-state index in [1.807, 2.05) is 24.3 Å². The maximum atomic E-state index is 12.4. The van der Waals surface area contributed by atoms with Crippen molar-refractivity contribution in [2.24, 2.45) is 0 Å². The van der Waals surface area contributed by atoms with Gasteiger partial charge in [0.2, 0.25) is 5.91 Å². The van der Waals surface area contributed by atoms with Gasteiger partial charge in [-0.1, -0.05) is 43.3 Å². The molecule has 0 radical (unpaired) electrons. The number of esters is 1. The summed E-state index contributed by atoms with van der Waals surface area (Å²) < 4.78 is 4.92. The standard InChI is InChI=1S/C23H20N2O5S/c1-3-15-7-10-17(11-8-15)19-14-31-22(21(19)23(27)30-2)24-20(26)12-9-16-5-4-6-18(13-16)25(28)29/h4-14H,3H2,1-2H3,(H,24,26)/b12-9+. The van der Waals surface area contributed by atoms with Crippen molar-refractivity contribution in [3.8, 4) is 11.1 Å². The third-order valence-electron chi connectivity index (χ3n) is 4.60. The molecule has 7 nitrogen and oxygen atoms in total. The maximum Gasteiger partial charge on any atom is 0.341 e. The number of methoxy groups -OCH3 is 1. The molecule has 1 amide bonds. The summed E-state index contributed by atoms with van der Waals surface area (Å²) in [6.07, 6.45) is 3.64. The molecule has 0 saturated heterocycles. The second-order valence-corrected chi connectivity index (χ2v) is 7.45. The van der Waals surface area contributed by atoms with Gasteiger partial charge in [0.05, 0.1) is 12.0 Å².